The SMILES string of the molecule is CNC1(Cc2ccccc2C)CCCCC1. The largest absolute Gasteiger partial charge is 0.314 e. The fourth-order valence-corrected chi connectivity index (χ4v) is 2.92. The Bertz CT molecular complexity index is 337. The molecule has 0 radical (unpaired) electrons. The van der Waals surface area contributed by atoms with E-state index in [-0.39, 0.29) is 0 Å². The quantitative estimate of drug-likeness (QED) is 0.817. The van der Waals surface area contributed by atoms with Crippen LogP contribution in [0.25, 0.3) is 0 Å². The molecule has 0 heterocycles. The number of benzene rings is 1. The molecule has 1 aliphatic rings. The van der Waals surface area contributed by atoms with Crippen LogP contribution in [0.2, 0.25) is 0 Å². The average Bonchev–Trinajstić information content (AvgIpc) is 2.33. The Kier molecular flexibility index (Phi) is 3.65. The van der Waals surface area contributed by atoms with Crippen molar-refractivity contribution in [1.82, 2.24) is 5.32 Å². The van der Waals surface area contributed by atoms with Crippen molar-refractivity contribution in [2.45, 2.75) is 51.0 Å². The van der Waals surface area contributed by atoms with Crippen LogP contribution in [0.3, 0.4) is 0 Å². The Labute approximate surface area is 99.3 Å². The predicted molar refractivity (Wildman–Crippen MR) is 69.8 cm³/mol. The minimum atomic E-state index is 0.365. The summed E-state index contributed by atoms with van der Waals surface area (Å²) in [6, 6.07) is 8.80. The molecular weight excluding hydrogens is 194 g/mol. The third-order valence-corrected chi connectivity index (χ3v) is 4.13. The van der Waals surface area contributed by atoms with Gasteiger partial charge >= 0.3 is 0 Å². The molecule has 1 aliphatic carbocycles. The summed E-state index contributed by atoms with van der Waals surface area (Å²) in [5.74, 6) is 0. The summed E-state index contributed by atoms with van der Waals surface area (Å²) >= 11 is 0. The summed E-state index contributed by atoms with van der Waals surface area (Å²) in [5, 5.41) is 3.59. The highest BCUT2D eigenvalue weighted by Crippen LogP contribution is 2.31. The normalized spacial score (nSPS) is 19.6. The van der Waals surface area contributed by atoms with Gasteiger partial charge in [-0.15, -0.1) is 0 Å². The Balaban J connectivity index is 2.15. The van der Waals surface area contributed by atoms with Gasteiger partial charge in [-0.2, -0.15) is 0 Å². The van der Waals surface area contributed by atoms with Crippen LogP contribution in [0.4, 0.5) is 0 Å². The maximum Gasteiger partial charge on any atom is 0.0218 e. The fourth-order valence-electron chi connectivity index (χ4n) is 2.92. The first-order valence-electron chi connectivity index (χ1n) is 6.49. The van der Waals surface area contributed by atoms with Crippen molar-refractivity contribution < 1.29 is 0 Å². The molecule has 1 aromatic rings. The summed E-state index contributed by atoms with van der Waals surface area (Å²) < 4.78 is 0. The van der Waals surface area contributed by atoms with Crippen LogP contribution in [-0.4, -0.2) is 12.6 Å². The molecule has 16 heavy (non-hydrogen) atoms. The van der Waals surface area contributed by atoms with Gasteiger partial charge in [0.2, 0.25) is 0 Å². The molecule has 1 saturated carbocycles. The highest BCUT2D eigenvalue weighted by atomic mass is 14.9. The van der Waals surface area contributed by atoms with E-state index in [1.165, 1.54) is 49.7 Å². The second-order valence-corrected chi connectivity index (χ2v) is 5.19. The highest BCUT2D eigenvalue weighted by Gasteiger charge is 2.30. The van der Waals surface area contributed by atoms with Crippen molar-refractivity contribution in [1.29, 1.82) is 0 Å². The van der Waals surface area contributed by atoms with E-state index >= 15 is 0 Å². The van der Waals surface area contributed by atoms with Crippen LogP contribution < -0.4 is 5.32 Å². The van der Waals surface area contributed by atoms with Gasteiger partial charge in [0.15, 0.2) is 0 Å². The minimum Gasteiger partial charge on any atom is -0.314 e. The van der Waals surface area contributed by atoms with E-state index in [1.807, 2.05) is 0 Å². The molecule has 1 N–H and O–H groups in total. The number of likely N-dealkylation sites (N-methyl/N-ethyl adjacent to an activating group) is 1. The van der Waals surface area contributed by atoms with Crippen LogP contribution in [-0.2, 0) is 6.42 Å². The zero-order chi connectivity index (χ0) is 11.4. The second kappa shape index (κ2) is 5.01. The van der Waals surface area contributed by atoms with Crippen molar-refractivity contribution in [3.8, 4) is 0 Å². The first-order valence-corrected chi connectivity index (χ1v) is 6.49. The Morgan fingerprint density at radius 1 is 1.12 bits per heavy atom. The third-order valence-electron chi connectivity index (χ3n) is 4.13. The summed E-state index contributed by atoms with van der Waals surface area (Å²) in [4.78, 5) is 0. The van der Waals surface area contributed by atoms with Crippen LogP contribution in [0.1, 0.15) is 43.2 Å². The van der Waals surface area contributed by atoms with Gasteiger partial charge in [0, 0.05) is 5.54 Å². The summed E-state index contributed by atoms with van der Waals surface area (Å²) in [6.07, 6.45) is 8.03. The number of hydrogen-bond acceptors (Lipinski definition) is 1. The van der Waals surface area contributed by atoms with Gasteiger partial charge in [0.1, 0.15) is 0 Å². The van der Waals surface area contributed by atoms with E-state index < -0.39 is 0 Å². The van der Waals surface area contributed by atoms with Crippen LogP contribution in [0.15, 0.2) is 24.3 Å². The van der Waals surface area contributed by atoms with Crippen LogP contribution >= 0.6 is 0 Å². The lowest BCUT2D eigenvalue weighted by atomic mass is 9.77. The molecule has 0 unspecified atom stereocenters. The van der Waals surface area contributed by atoms with Gasteiger partial charge in [-0.05, 0) is 44.4 Å². The van der Waals surface area contributed by atoms with Crippen LogP contribution in [0, 0.1) is 6.92 Å². The number of hydrogen-bond donors (Lipinski definition) is 1. The molecule has 1 heteroatoms. The van der Waals surface area contributed by atoms with E-state index in [0.29, 0.717) is 5.54 Å². The monoisotopic (exact) mass is 217 g/mol. The molecule has 0 spiro atoms. The van der Waals surface area contributed by atoms with E-state index in [4.69, 9.17) is 0 Å². The molecule has 0 amide bonds. The predicted octanol–water partition coefficient (Wildman–Crippen LogP) is 3.46. The van der Waals surface area contributed by atoms with Crippen molar-refractivity contribution in [3.05, 3.63) is 35.4 Å². The van der Waals surface area contributed by atoms with E-state index in [0.717, 1.165) is 0 Å². The fraction of sp³-hybridized carbons (Fsp3) is 0.600. The van der Waals surface area contributed by atoms with Gasteiger partial charge in [-0.25, -0.2) is 0 Å². The van der Waals surface area contributed by atoms with Gasteiger partial charge in [0.05, 0.1) is 0 Å². The zero-order valence-corrected chi connectivity index (χ0v) is 10.6. The summed E-state index contributed by atoms with van der Waals surface area (Å²) in [7, 11) is 2.13. The zero-order valence-electron chi connectivity index (χ0n) is 10.6. The van der Waals surface area contributed by atoms with Crippen molar-refractivity contribution in [2.24, 2.45) is 0 Å². The number of aryl methyl sites for hydroxylation is 1. The molecule has 88 valence electrons. The standard InChI is InChI=1S/C15H23N/c1-13-8-4-5-9-14(13)12-15(16-2)10-6-3-7-11-15/h4-5,8-9,16H,3,6-7,10-12H2,1-2H3. The molecule has 0 bridgehead atoms. The topological polar surface area (TPSA) is 12.0 Å². The Morgan fingerprint density at radius 2 is 1.81 bits per heavy atom. The van der Waals surface area contributed by atoms with E-state index in [2.05, 4.69) is 43.6 Å². The Morgan fingerprint density at radius 3 is 2.44 bits per heavy atom. The van der Waals surface area contributed by atoms with Gasteiger partial charge in [-0.3, -0.25) is 0 Å². The van der Waals surface area contributed by atoms with Crippen LogP contribution in [0.5, 0.6) is 0 Å². The van der Waals surface area contributed by atoms with Crippen molar-refractivity contribution in [2.75, 3.05) is 7.05 Å². The molecule has 0 saturated heterocycles. The van der Waals surface area contributed by atoms with E-state index in [1.54, 1.807) is 0 Å². The lowest BCUT2D eigenvalue weighted by Gasteiger charge is -2.37. The molecule has 0 atom stereocenters. The molecular formula is C15H23N. The third kappa shape index (κ3) is 2.46. The van der Waals surface area contributed by atoms with Gasteiger partial charge in [0.25, 0.3) is 0 Å². The first kappa shape index (κ1) is 11.7. The first-order chi connectivity index (χ1) is 7.76. The molecule has 1 aromatic carbocycles. The average molecular weight is 217 g/mol. The van der Waals surface area contributed by atoms with Gasteiger partial charge < -0.3 is 5.32 Å². The van der Waals surface area contributed by atoms with Crippen molar-refractivity contribution >= 4 is 0 Å². The molecule has 2 rings (SSSR count). The van der Waals surface area contributed by atoms with E-state index in [9.17, 15) is 0 Å². The minimum absolute atomic E-state index is 0.365. The lowest BCUT2D eigenvalue weighted by Crippen LogP contribution is -2.46. The number of rotatable bonds is 3. The van der Waals surface area contributed by atoms with Crippen molar-refractivity contribution in [3.63, 3.8) is 0 Å². The molecule has 0 aromatic heterocycles. The summed E-state index contributed by atoms with van der Waals surface area (Å²) in [5.41, 5.74) is 3.31. The summed E-state index contributed by atoms with van der Waals surface area (Å²) in [6.45, 7) is 2.22. The molecule has 1 nitrogen and oxygen atoms in total. The molecule has 1 fully saturated rings. The molecule has 0 aliphatic heterocycles. The second-order valence-electron chi connectivity index (χ2n) is 5.19. The smallest absolute Gasteiger partial charge is 0.0218 e. The Hall–Kier alpha value is -0.820. The number of nitrogens with one attached hydrogen (secondary N) is 1. The van der Waals surface area contributed by atoms with Gasteiger partial charge in [-0.1, -0.05) is 43.5 Å². The highest BCUT2D eigenvalue weighted by molar-refractivity contribution is 5.27. The maximum atomic E-state index is 3.59. The maximum absolute atomic E-state index is 3.59. The lowest BCUT2D eigenvalue weighted by molar-refractivity contribution is 0.244.